The second-order valence-corrected chi connectivity index (χ2v) is 9.60. The van der Waals surface area contributed by atoms with Crippen LogP contribution in [0.2, 0.25) is 0 Å². The van der Waals surface area contributed by atoms with E-state index in [1.807, 2.05) is 39.0 Å². The zero-order chi connectivity index (χ0) is 25.0. The molecule has 0 saturated heterocycles. The number of hydrogen-bond donors (Lipinski definition) is 0. The molecule has 0 N–H and O–H groups in total. The average molecular weight is 482 g/mol. The molecular formula is C28H35NO2S2. The van der Waals surface area contributed by atoms with E-state index in [2.05, 4.69) is 44.2 Å². The van der Waals surface area contributed by atoms with E-state index in [4.69, 9.17) is 0 Å². The number of rotatable bonds is 13. The lowest BCUT2D eigenvalue weighted by Gasteiger charge is -2.23. The van der Waals surface area contributed by atoms with Gasteiger partial charge < -0.3 is 4.90 Å². The van der Waals surface area contributed by atoms with Crippen LogP contribution in [0.3, 0.4) is 0 Å². The topological polar surface area (TPSA) is 37.4 Å². The number of thiophene rings is 1. The molecule has 1 rings (SSSR count). The molecule has 1 aromatic rings. The third kappa shape index (κ3) is 9.03. The number of thioether (sulfide) groups is 1. The molecule has 1 heterocycles. The molecule has 1 aromatic heterocycles. The summed E-state index contributed by atoms with van der Waals surface area (Å²) in [5.41, 5.74) is 3.08. The highest BCUT2D eigenvalue weighted by molar-refractivity contribution is 8.06. The molecular weight excluding hydrogens is 446 g/mol. The molecule has 1 unspecified atom stereocenters. The zero-order valence-electron chi connectivity index (χ0n) is 20.4. The molecule has 0 fully saturated rings. The first-order valence-electron chi connectivity index (χ1n) is 10.9. The number of allylic oxidation sites excluding steroid dienone is 10. The molecule has 0 bridgehead atoms. The minimum absolute atomic E-state index is 0.0173. The maximum Gasteiger partial charge on any atom is 0.235 e. The summed E-state index contributed by atoms with van der Waals surface area (Å²) in [5.74, 6) is -0.238. The van der Waals surface area contributed by atoms with E-state index in [1.54, 1.807) is 47.2 Å². The van der Waals surface area contributed by atoms with Crippen molar-refractivity contribution in [2.45, 2.75) is 46.5 Å². The predicted molar refractivity (Wildman–Crippen MR) is 147 cm³/mol. The van der Waals surface area contributed by atoms with Crippen molar-refractivity contribution in [2.75, 3.05) is 7.05 Å². The highest BCUT2D eigenvalue weighted by Gasteiger charge is 2.23. The Balaban J connectivity index is 2.91. The van der Waals surface area contributed by atoms with Crippen molar-refractivity contribution < 1.29 is 9.59 Å². The van der Waals surface area contributed by atoms with E-state index < -0.39 is 0 Å². The minimum atomic E-state index is -0.251. The van der Waals surface area contributed by atoms with E-state index in [1.165, 1.54) is 11.0 Å². The molecule has 1 amide bonds. The summed E-state index contributed by atoms with van der Waals surface area (Å²) < 4.78 is 0. The molecule has 176 valence electrons. The van der Waals surface area contributed by atoms with Gasteiger partial charge in [-0.1, -0.05) is 74.9 Å². The normalized spacial score (nSPS) is 13.7. The van der Waals surface area contributed by atoms with Gasteiger partial charge in [0.15, 0.2) is 5.78 Å². The quantitative estimate of drug-likeness (QED) is 0.211. The highest BCUT2D eigenvalue weighted by Crippen LogP contribution is 2.33. The summed E-state index contributed by atoms with van der Waals surface area (Å²) in [5, 5.41) is 2.81. The van der Waals surface area contributed by atoms with Gasteiger partial charge in [0.05, 0.1) is 10.9 Å². The fraction of sp³-hybridized carbons (Fsp3) is 0.286. The van der Waals surface area contributed by atoms with Crippen LogP contribution in [0, 0.1) is 0 Å². The van der Waals surface area contributed by atoms with Crippen molar-refractivity contribution in [1.82, 2.24) is 4.90 Å². The Bertz CT molecular complexity index is 1000. The summed E-state index contributed by atoms with van der Waals surface area (Å²) in [7, 11) is 1.79. The van der Waals surface area contributed by atoms with Crippen LogP contribution in [0.25, 0.3) is 5.57 Å². The Hall–Kier alpha value is -2.63. The van der Waals surface area contributed by atoms with Gasteiger partial charge in [0, 0.05) is 18.3 Å². The lowest BCUT2D eigenvalue weighted by Crippen LogP contribution is -2.28. The van der Waals surface area contributed by atoms with Crippen LogP contribution in [0.1, 0.15) is 56.9 Å². The third-order valence-corrected chi connectivity index (χ3v) is 7.53. The lowest BCUT2D eigenvalue weighted by molar-refractivity contribution is -0.128. The first kappa shape index (κ1) is 28.4. The van der Waals surface area contributed by atoms with Crippen LogP contribution >= 0.6 is 23.1 Å². The van der Waals surface area contributed by atoms with Crippen molar-refractivity contribution >= 4 is 40.4 Å². The largest absolute Gasteiger partial charge is 0.310 e. The molecule has 0 aliphatic rings. The fourth-order valence-corrected chi connectivity index (χ4v) is 4.59. The van der Waals surface area contributed by atoms with Crippen molar-refractivity contribution in [3.8, 4) is 0 Å². The van der Waals surface area contributed by atoms with E-state index in [0.717, 1.165) is 33.0 Å². The van der Waals surface area contributed by atoms with E-state index in [-0.39, 0.29) is 17.6 Å². The zero-order valence-corrected chi connectivity index (χ0v) is 22.0. The van der Waals surface area contributed by atoms with Crippen LogP contribution in [0.4, 0.5) is 0 Å². The van der Waals surface area contributed by atoms with Crippen LogP contribution in [-0.2, 0) is 9.59 Å². The number of amides is 1. The second kappa shape index (κ2) is 14.5. The van der Waals surface area contributed by atoms with Crippen molar-refractivity contribution in [2.24, 2.45) is 0 Å². The highest BCUT2D eigenvalue weighted by atomic mass is 32.2. The van der Waals surface area contributed by atoms with Crippen molar-refractivity contribution in [3.05, 3.63) is 99.7 Å². The summed E-state index contributed by atoms with van der Waals surface area (Å²) in [4.78, 5) is 28.2. The van der Waals surface area contributed by atoms with Gasteiger partial charge in [0.25, 0.3) is 0 Å². The van der Waals surface area contributed by atoms with Gasteiger partial charge in [-0.2, -0.15) is 0 Å². The predicted octanol–water partition coefficient (Wildman–Crippen LogP) is 8.05. The van der Waals surface area contributed by atoms with Gasteiger partial charge in [0.1, 0.15) is 0 Å². The number of carbonyl (C=O) groups excluding carboxylic acids is 2. The molecule has 0 aliphatic heterocycles. The van der Waals surface area contributed by atoms with Crippen LogP contribution in [-0.4, -0.2) is 23.6 Å². The third-order valence-electron chi connectivity index (χ3n) is 5.11. The standard InChI is InChI=1S/C28H35NO2S2/c1-9-23(14-13-15-25(30)10-2)17-16-20(5)24-18-27(32-19-24)21(6)28(31)29(8)22(7)33-26(11-3)12-4/h9-11,13-14,16-19,21H,1-2,7,12,15H2,3-6,8H3/b14-13+,20-16+,23-17+,26-11-. The first-order chi connectivity index (χ1) is 15.7. The molecule has 0 radical (unpaired) electrons. The number of likely N-dealkylation sites (N-methyl/N-ethyl adjacent to an activating group) is 1. The van der Waals surface area contributed by atoms with Crippen molar-refractivity contribution in [3.63, 3.8) is 0 Å². The van der Waals surface area contributed by atoms with Gasteiger partial charge in [-0.05, 0) is 66.3 Å². The van der Waals surface area contributed by atoms with Crippen molar-refractivity contribution in [1.29, 1.82) is 0 Å². The Morgan fingerprint density at radius 1 is 1.24 bits per heavy atom. The molecule has 5 heteroatoms. The Morgan fingerprint density at radius 2 is 1.94 bits per heavy atom. The minimum Gasteiger partial charge on any atom is -0.310 e. The van der Waals surface area contributed by atoms with Crippen LogP contribution in [0.5, 0.6) is 0 Å². The lowest BCUT2D eigenvalue weighted by atomic mass is 10.0. The van der Waals surface area contributed by atoms with Gasteiger partial charge >= 0.3 is 0 Å². The average Bonchev–Trinajstić information content (AvgIpc) is 3.32. The number of nitrogens with zero attached hydrogens (tertiary/aromatic N) is 1. The maximum absolute atomic E-state index is 13.0. The van der Waals surface area contributed by atoms with Gasteiger partial charge in [-0.25, -0.2) is 0 Å². The molecule has 33 heavy (non-hydrogen) atoms. The van der Waals surface area contributed by atoms with Gasteiger partial charge in [-0.3, -0.25) is 9.59 Å². The SMILES string of the molecule is C=CC(=O)C/C=C/C(C=C)=C/C=C(\C)c1csc(C(C)C(=O)N(C)C(=C)S/C(=C\C)CC)c1. The monoisotopic (exact) mass is 481 g/mol. The molecule has 1 atom stereocenters. The summed E-state index contributed by atoms with van der Waals surface area (Å²) in [6.07, 6.45) is 14.0. The first-order valence-corrected chi connectivity index (χ1v) is 12.6. The molecule has 0 saturated carbocycles. The van der Waals surface area contributed by atoms with E-state index in [9.17, 15) is 9.59 Å². The smallest absolute Gasteiger partial charge is 0.235 e. The van der Waals surface area contributed by atoms with Gasteiger partial charge in [-0.15, -0.1) is 11.3 Å². The fourth-order valence-electron chi connectivity index (χ4n) is 2.78. The Labute approximate surface area is 207 Å². The van der Waals surface area contributed by atoms with E-state index >= 15 is 0 Å². The summed E-state index contributed by atoms with van der Waals surface area (Å²) >= 11 is 3.13. The van der Waals surface area contributed by atoms with Gasteiger partial charge in [0.2, 0.25) is 5.91 Å². The summed E-state index contributed by atoms with van der Waals surface area (Å²) in [6, 6.07) is 2.08. The summed E-state index contributed by atoms with van der Waals surface area (Å²) in [6.45, 7) is 19.5. The van der Waals surface area contributed by atoms with E-state index in [0.29, 0.717) is 6.42 Å². The molecule has 0 spiro atoms. The second-order valence-electron chi connectivity index (χ2n) is 7.46. The number of ketones is 1. The number of carbonyl (C=O) groups is 2. The van der Waals surface area contributed by atoms with Crippen LogP contribution in [0.15, 0.2) is 89.2 Å². The molecule has 0 aromatic carbocycles. The Morgan fingerprint density at radius 3 is 2.52 bits per heavy atom. The number of hydrogen-bond acceptors (Lipinski definition) is 4. The van der Waals surface area contributed by atoms with Crippen LogP contribution < -0.4 is 0 Å². The molecule has 0 aliphatic carbocycles. The maximum atomic E-state index is 13.0. The Kier molecular flexibility index (Phi) is 12.5. The molecule has 3 nitrogen and oxygen atoms in total.